The van der Waals surface area contributed by atoms with Gasteiger partial charge in [0.25, 0.3) is 0 Å². The number of hydrogen-bond donors (Lipinski definition) is 0. The van der Waals surface area contributed by atoms with E-state index in [1.54, 1.807) is 19.3 Å². The van der Waals surface area contributed by atoms with Gasteiger partial charge in [-0.15, -0.1) is 0 Å². The molecule has 0 aliphatic carbocycles. The van der Waals surface area contributed by atoms with Crippen molar-refractivity contribution < 1.29 is 14.3 Å². The molecule has 3 aromatic rings. The maximum atomic E-state index is 12.2. The molecule has 0 fully saturated rings. The van der Waals surface area contributed by atoms with E-state index in [-0.39, 0.29) is 0 Å². The monoisotopic (exact) mass is 398 g/mol. The van der Waals surface area contributed by atoms with Crippen LogP contribution in [0.4, 0.5) is 0 Å². The van der Waals surface area contributed by atoms with Crippen LogP contribution in [0.15, 0.2) is 78.9 Å². The molecule has 0 amide bonds. The Hall–Kier alpha value is -3.59. The van der Waals surface area contributed by atoms with Gasteiger partial charge < -0.3 is 9.47 Å². The Morgan fingerprint density at radius 2 is 1.40 bits per heavy atom. The minimum atomic E-state index is -0.450. The van der Waals surface area contributed by atoms with Gasteiger partial charge in [-0.3, -0.25) is 0 Å². The third-order valence-electron chi connectivity index (χ3n) is 4.68. The molecule has 3 heteroatoms. The number of carbonyl (C=O) groups is 1. The molecule has 0 bridgehead atoms. The second kappa shape index (κ2) is 10.3. The van der Waals surface area contributed by atoms with Gasteiger partial charge in [-0.25, -0.2) is 4.79 Å². The van der Waals surface area contributed by atoms with Crippen molar-refractivity contribution in [2.75, 3.05) is 7.11 Å². The third kappa shape index (κ3) is 5.95. The minimum absolute atomic E-state index is 0.388. The van der Waals surface area contributed by atoms with Crippen LogP contribution in [0.2, 0.25) is 0 Å². The van der Waals surface area contributed by atoms with Crippen molar-refractivity contribution in [1.82, 2.24) is 0 Å². The molecule has 0 N–H and O–H groups in total. The quantitative estimate of drug-likeness (QED) is 0.194. The molecule has 0 aliphatic rings. The van der Waals surface area contributed by atoms with E-state index in [4.69, 9.17) is 9.47 Å². The second-order valence-corrected chi connectivity index (χ2v) is 7.23. The molecular formula is C27H26O3. The van der Waals surface area contributed by atoms with Gasteiger partial charge in [-0.1, -0.05) is 86.7 Å². The molecule has 0 spiro atoms. The van der Waals surface area contributed by atoms with Gasteiger partial charge >= 0.3 is 5.97 Å². The van der Waals surface area contributed by atoms with E-state index in [9.17, 15) is 4.79 Å². The predicted octanol–water partition coefficient (Wildman–Crippen LogP) is 6.61. The van der Waals surface area contributed by atoms with Gasteiger partial charge in [0.05, 0.1) is 7.11 Å². The van der Waals surface area contributed by atoms with Gasteiger partial charge in [0.1, 0.15) is 0 Å². The number of hydrogen-bond acceptors (Lipinski definition) is 3. The van der Waals surface area contributed by atoms with Crippen LogP contribution in [0.3, 0.4) is 0 Å². The molecule has 0 saturated heterocycles. The highest BCUT2D eigenvalue weighted by Crippen LogP contribution is 2.29. The first kappa shape index (κ1) is 21.1. The lowest BCUT2D eigenvalue weighted by Crippen LogP contribution is -2.05. The van der Waals surface area contributed by atoms with Crippen molar-refractivity contribution in [3.8, 4) is 11.5 Å². The zero-order chi connectivity index (χ0) is 21.3. The van der Waals surface area contributed by atoms with Gasteiger partial charge in [0.2, 0.25) is 0 Å². The fourth-order valence-electron chi connectivity index (χ4n) is 2.93. The number of ether oxygens (including phenoxy) is 2. The van der Waals surface area contributed by atoms with Crippen LogP contribution in [0.25, 0.3) is 18.2 Å². The van der Waals surface area contributed by atoms with Crippen LogP contribution < -0.4 is 9.47 Å². The molecule has 152 valence electrons. The molecule has 3 rings (SSSR count). The van der Waals surface area contributed by atoms with Crippen molar-refractivity contribution in [2.45, 2.75) is 19.8 Å². The number of benzene rings is 3. The van der Waals surface area contributed by atoms with Crippen LogP contribution >= 0.6 is 0 Å². The standard InChI is InChI=1S/C27H26O3/c1-20(2)24-15-11-22(12-16-24)14-18-27(28)30-25-17-13-23(19-26(25)29-3)10-9-21-7-5-4-6-8-21/h4-20H,1-3H3/b10-9+,18-14+. The van der Waals surface area contributed by atoms with E-state index in [0.717, 1.165) is 16.7 Å². The van der Waals surface area contributed by atoms with Crippen LogP contribution in [-0.4, -0.2) is 13.1 Å². The summed E-state index contributed by atoms with van der Waals surface area (Å²) in [5, 5.41) is 0. The number of carbonyl (C=O) groups excluding carboxylic acids is 1. The number of esters is 1. The van der Waals surface area contributed by atoms with Gasteiger partial charge in [-0.2, -0.15) is 0 Å². The Morgan fingerprint density at radius 3 is 2.07 bits per heavy atom. The summed E-state index contributed by atoms with van der Waals surface area (Å²) in [5.41, 5.74) is 4.28. The van der Waals surface area contributed by atoms with Crippen LogP contribution in [0.5, 0.6) is 11.5 Å². The highest BCUT2D eigenvalue weighted by atomic mass is 16.6. The Bertz CT molecular complexity index is 1030. The maximum Gasteiger partial charge on any atom is 0.336 e. The lowest BCUT2D eigenvalue weighted by molar-refractivity contribution is -0.129. The van der Waals surface area contributed by atoms with Crippen molar-refractivity contribution in [2.24, 2.45) is 0 Å². The summed E-state index contributed by atoms with van der Waals surface area (Å²) in [6, 6.07) is 23.6. The second-order valence-electron chi connectivity index (χ2n) is 7.23. The molecule has 0 aliphatic heterocycles. The first-order chi connectivity index (χ1) is 14.5. The molecule has 0 atom stereocenters. The molecule has 3 nitrogen and oxygen atoms in total. The summed E-state index contributed by atoms with van der Waals surface area (Å²) in [6.45, 7) is 4.30. The van der Waals surface area contributed by atoms with E-state index in [1.165, 1.54) is 11.6 Å². The number of rotatable bonds is 7. The first-order valence-electron chi connectivity index (χ1n) is 9.96. The SMILES string of the molecule is COc1cc(/C=C/c2ccccc2)ccc1OC(=O)/C=C/c1ccc(C(C)C)cc1. The molecule has 0 heterocycles. The highest BCUT2D eigenvalue weighted by Gasteiger charge is 2.08. The molecule has 0 unspecified atom stereocenters. The van der Waals surface area contributed by atoms with Gasteiger partial charge in [0.15, 0.2) is 11.5 Å². The predicted molar refractivity (Wildman–Crippen MR) is 124 cm³/mol. The molecule has 30 heavy (non-hydrogen) atoms. The molecule has 0 aromatic heterocycles. The lowest BCUT2D eigenvalue weighted by Gasteiger charge is -2.09. The normalized spacial score (nSPS) is 11.3. The fraction of sp³-hybridized carbons (Fsp3) is 0.148. The van der Waals surface area contributed by atoms with Gasteiger partial charge in [-0.05, 0) is 46.4 Å². The van der Waals surface area contributed by atoms with Crippen LogP contribution in [-0.2, 0) is 4.79 Å². The topological polar surface area (TPSA) is 35.5 Å². The van der Waals surface area contributed by atoms with Crippen molar-refractivity contribution >= 4 is 24.2 Å². The molecule has 3 aromatic carbocycles. The van der Waals surface area contributed by atoms with E-state index in [1.807, 2.05) is 66.7 Å². The first-order valence-corrected chi connectivity index (χ1v) is 9.96. The summed E-state index contributed by atoms with van der Waals surface area (Å²) in [6.07, 6.45) is 7.18. The van der Waals surface area contributed by atoms with E-state index in [2.05, 4.69) is 26.0 Å². The largest absolute Gasteiger partial charge is 0.493 e. The molecular weight excluding hydrogens is 372 g/mol. The Kier molecular flexibility index (Phi) is 7.23. The lowest BCUT2D eigenvalue weighted by atomic mass is 10.0. The zero-order valence-corrected chi connectivity index (χ0v) is 17.5. The molecule has 0 radical (unpaired) electrons. The van der Waals surface area contributed by atoms with Crippen molar-refractivity contribution in [1.29, 1.82) is 0 Å². The Balaban J connectivity index is 1.66. The maximum absolute atomic E-state index is 12.2. The summed E-state index contributed by atoms with van der Waals surface area (Å²) in [5.74, 6) is 0.923. The van der Waals surface area contributed by atoms with Crippen LogP contribution in [0, 0.1) is 0 Å². The van der Waals surface area contributed by atoms with Crippen molar-refractivity contribution in [3.05, 3.63) is 101 Å². The summed E-state index contributed by atoms with van der Waals surface area (Å²) < 4.78 is 10.9. The van der Waals surface area contributed by atoms with E-state index < -0.39 is 5.97 Å². The number of methoxy groups -OCH3 is 1. The van der Waals surface area contributed by atoms with Crippen molar-refractivity contribution in [3.63, 3.8) is 0 Å². The fourth-order valence-corrected chi connectivity index (χ4v) is 2.93. The zero-order valence-electron chi connectivity index (χ0n) is 17.5. The van der Waals surface area contributed by atoms with E-state index >= 15 is 0 Å². The summed E-state index contributed by atoms with van der Waals surface area (Å²) in [7, 11) is 1.56. The highest BCUT2D eigenvalue weighted by molar-refractivity contribution is 5.89. The average Bonchev–Trinajstić information content (AvgIpc) is 2.78. The Labute approximate surface area is 178 Å². The average molecular weight is 399 g/mol. The van der Waals surface area contributed by atoms with E-state index in [0.29, 0.717) is 17.4 Å². The summed E-state index contributed by atoms with van der Waals surface area (Å²) >= 11 is 0. The summed E-state index contributed by atoms with van der Waals surface area (Å²) in [4.78, 5) is 12.2. The minimum Gasteiger partial charge on any atom is -0.493 e. The van der Waals surface area contributed by atoms with Crippen LogP contribution in [0.1, 0.15) is 42.0 Å². The van der Waals surface area contributed by atoms with Gasteiger partial charge in [0, 0.05) is 6.08 Å². The Morgan fingerprint density at radius 1 is 0.767 bits per heavy atom. The third-order valence-corrected chi connectivity index (χ3v) is 4.68. The molecule has 0 saturated carbocycles. The smallest absolute Gasteiger partial charge is 0.336 e.